The molecule has 1 aliphatic heterocycles. The summed E-state index contributed by atoms with van der Waals surface area (Å²) in [5, 5.41) is 0. The molecular formula is C15H22N4O4S. The van der Waals surface area contributed by atoms with E-state index in [4.69, 9.17) is 5.73 Å². The van der Waals surface area contributed by atoms with Gasteiger partial charge in [-0.1, -0.05) is 12.7 Å². The number of nitrogens with zero attached hydrogens (tertiary/aromatic N) is 3. The molecule has 1 rings (SSSR count). The summed E-state index contributed by atoms with van der Waals surface area (Å²) < 4.78 is 0. The van der Waals surface area contributed by atoms with Crippen LogP contribution in [0.5, 0.6) is 0 Å². The Kier molecular flexibility index (Phi) is 8.03. The summed E-state index contributed by atoms with van der Waals surface area (Å²) in [5.41, 5.74) is 5.04. The minimum atomic E-state index is -0.434. The predicted molar refractivity (Wildman–Crippen MR) is 91.3 cm³/mol. The predicted octanol–water partition coefficient (Wildman–Crippen LogP) is -0.271. The van der Waals surface area contributed by atoms with Gasteiger partial charge in [0.05, 0.1) is 25.8 Å². The third kappa shape index (κ3) is 6.07. The van der Waals surface area contributed by atoms with Gasteiger partial charge in [-0.3, -0.25) is 19.2 Å². The van der Waals surface area contributed by atoms with E-state index >= 15 is 0 Å². The molecule has 1 aliphatic rings. The fourth-order valence-electron chi connectivity index (χ4n) is 2.06. The molecule has 9 heteroatoms. The Morgan fingerprint density at radius 1 is 1.08 bits per heavy atom. The Hall–Kier alpha value is -2.29. The van der Waals surface area contributed by atoms with Gasteiger partial charge in [-0.05, 0) is 19.1 Å². The van der Waals surface area contributed by atoms with Crippen molar-refractivity contribution in [2.24, 2.45) is 5.73 Å². The van der Waals surface area contributed by atoms with Crippen molar-refractivity contribution in [2.75, 3.05) is 31.5 Å². The van der Waals surface area contributed by atoms with Crippen LogP contribution in [0.3, 0.4) is 0 Å². The summed E-state index contributed by atoms with van der Waals surface area (Å²) >= 11 is 1.27. The number of rotatable bonds is 7. The number of hydrogen-bond donors (Lipinski definition) is 1. The molecule has 0 saturated carbocycles. The first-order valence-electron chi connectivity index (χ1n) is 7.35. The zero-order valence-electron chi connectivity index (χ0n) is 13.6. The molecule has 0 aliphatic carbocycles. The minimum Gasteiger partial charge on any atom is -0.369 e. The van der Waals surface area contributed by atoms with Crippen molar-refractivity contribution < 1.29 is 19.2 Å². The van der Waals surface area contributed by atoms with Crippen molar-refractivity contribution in [1.29, 1.82) is 0 Å². The van der Waals surface area contributed by atoms with Crippen molar-refractivity contribution in [3.63, 3.8) is 0 Å². The second kappa shape index (κ2) is 9.76. The summed E-state index contributed by atoms with van der Waals surface area (Å²) in [6.07, 6.45) is 4.32. The lowest BCUT2D eigenvalue weighted by atomic mass is 10.3. The van der Waals surface area contributed by atoms with Crippen molar-refractivity contribution in [3.05, 3.63) is 24.8 Å². The fourth-order valence-corrected chi connectivity index (χ4v) is 2.72. The van der Waals surface area contributed by atoms with Crippen LogP contribution in [-0.4, -0.2) is 69.8 Å². The quantitative estimate of drug-likeness (QED) is 0.501. The first kappa shape index (κ1) is 19.8. The number of nitrogens with two attached hydrogens (primary N) is 1. The highest BCUT2D eigenvalue weighted by Gasteiger charge is 2.30. The van der Waals surface area contributed by atoms with E-state index in [0.29, 0.717) is 5.75 Å². The van der Waals surface area contributed by atoms with Crippen molar-refractivity contribution in [3.8, 4) is 0 Å². The van der Waals surface area contributed by atoms with E-state index in [9.17, 15) is 19.2 Å². The van der Waals surface area contributed by atoms with E-state index in [1.54, 1.807) is 13.0 Å². The van der Waals surface area contributed by atoms with Crippen molar-refractivity contribution in [2.45, 2.75) is 13.3 Å². The number of amides is 4. The summed E-state index contributed by atoms with van der Waals surface area (Å²) in [7, 11) is 0. The molecule has 0 atom stereocenters. The zero-order valence-corrected chi connectivity index (χ0v) is 14.5. The molecule has 0 unspecified atom stereocenters. The average Bonchev–Trinajstić information content (AvgIpc) is 2.57. The molecule has 0 bridgehead atoms. The standard InChI is InChI=1S/C15H22N4O4S/c1-3-5-14(22)18-9-17(13(21)4-2)10-19(11-18)15(23)6-7-24-8-12(16)20/h3-5H,2,6-11H2,1H3,(H2,16,20)/b5-3+. The van der Waals surface area contributed by atoms with Crippen LogP contribution in [0.25, 0.3) is 0 Å². The van der Waals surface area contributed by atoms with Gasteiger partial charge in [-0.15, -0.1) is 0 Å². The normalized spacial score (nSPS) is 14.8. The van der Waals surface area contributed by atoms with Crippen molar-refractivity contribution in [1.82, 2.24) is 14.7 Å². The molecule has 1 heterocycles. The van der Waals surface area contributed by atoms with E-state index < -0.39 is 5.91 Å². The lowest BCUT2D eigenvalue weighted by Crippen LogP contribution is -2.59. The molecule has 0 radical (unpaired) electrons. The third-order valence-electron chi connectivity index (χ3n) is 3.19. The Balaban J connectivity index is 2.70. The highest BCUT2D eigenvalue weighted by atomic mass is 32.2. The van der Waals surface area contributed by atoms with Gasteiger partial charge in [0.2, 0.25) is 23.6 Å². The topological polar surface area (TPSA) is 104 Å². The van der Waals surface area contributed by atoms with Crippen LogP contribution < -0.4 is 5.73 Å². The Morgan fingerprint density at radius 3 is 2.21 bits per heavy atom. The number of thioether (sulfide) groups is 1. The Morgan fingerprint density at radius 2 is 1.67 bits per heavy atom. The summed E-state index contributed by atoms with van der Waals surface area (Å²) in [6, 6.07) is 0. The molecular weight excluding hydrogens is 332 g/mol. The van der Waals surface area contributed by atoms with Crippen LogP contribution in [0.1, 0.15) is 13.3 Å². The molecule has 2 N–H and O–H groups in total. The SMILES string of the molecule is C=CC(=O)N1CN(C(=O)/C=C/C)CN(C(=O)CCSCC(N)=O)C1. The van der Waals surface area contributed by atoms with Gasteiger partial charge in [0.25, 0.3) is 0 Å². The second-order valence-electron chi connectivity index (χ2n) is 5.09. The van der Waals surface area contributed by atoms with Gasteiger partial charge in [-0.2, -0.15) is 11.8 Å². The Labute approximate surface area is 145 Å². The highest BCUT2D eigenvalue weighted by Crippen LogP contribution is 2.12. The number of carbonyl (C=O) groups is 4. The average molecular weight is 354 g/mol. The molecule has 4 amide bonds. The van der Waals surface area contributed by atoms with Gasteiger partial charge in [-0.25, -0.2) is 0 Å². The second-order valence-corrected chi connectivity index (χ2v) is 6.19. The zero-order chi connectivity index (χ0) is 18.1. The van der Waals surface area contributed by atoms with Crippen LogP contribution in [0, 0.1) is 0 Å². The van der Waals surface area contributed by atoms with Gasteiger partial charge >= 0.3 is 0 Å². The summed E-state index contributed by atoms with van der Waals surface area (Å²) in [4.78, 5) is 51.1. The molecule has 8 nitrogen and oxygen atoms in total. The summed E-state index contributed by atoms with van der Waals surface area (Å²) in [5.74, 6) is -0.673. The fraction of sp³-hybridized carbons (Fsp3) is 0.467. The lowest BCUT2D eigenvalue weighted by Gasteiger charge is -2.41. The van der Waals surface area contributed by atoms with Gasteiger partial charge in [0.1, 0.15) is 0 Å². The maximum Gasteiger partial charge on any atom is 0.249 e. The smallest absolute Gasteiger partial charge is 0.249 e. The molecule has 132 valence electrons. The Bertz CT molecular complexity index is 550. The molecule has 0 spiro atoms. The number of carbonyl (C=O) groups excluding carboxylic acids is 4. The summed E-state index contributed by atoms with van der Waals surface area (Å²) in [6.45, 7) is 5.47. The maximum atomic E-state index is 12.3. The molecule has 0 aromatic heterocycles. The van der Waals surface area contributed by atoms with E-state index in [-0.39, 0.29) is 49.9 Å². The molecule has 1 saturated heterocycles. The van der Waals surface area contributed by atoms with Crippen LogP contribution in [0.15, 0.2) is 24.8 Å². The van der Waals surface area contributed by atoms with Gasteiger partial charge in [0, 0.05) is 12.2 Å². The molecule has 0 aromatic rings. The van der Waals surface area contributed by atoms with E-state index in [2.05, 4.69) is 6.58 Å². The van der Waals surface area contributed by atoms with Crippen LogP contribution in [0.4, 0.5) is 0 Å². The number of hydrogen-bond acceptors (Lipinski definition) is 5. The monoisotopic (exact) mass is 354 g/mol. The largest absolute Gasteiger partial charge is 0.369 e. The van der Waals surface area contributed by atoms with Gasteiger partial charge in [0.15, 0.2) is 0 Å². The first-order valence-corrected chi connectivity index (χ1v) is 8.51. The van der Waals surface area contributed by atoms with Crippen molar-refractivity contribution >= 4 is 35.4 Å². The third-order valence-corrected chi connectivity index (χ3v) is 4.17. The number of primary amides is 1. The van der Waals surface area contributed by atoms with E-state index in [1.165, 1.54) is 32.5 Å². The van der Waals surface area contributed by atoms with Crippen LogP contribution in [0.2, 0.25) is 0 Å². The van der Waals surface area contributed by atoms with Crippen LogP contribution >= 0.6 is 11.8 Å². The molecule has 24 heavy (non-hydrogen) atoms. The minimum absolute atomic E-state index is 0.101. The number of allylic oxidation sites excluding steroid dienone is 1. The lowest BCUT2D eigenvalue weighted by molar-refractivity contribution is -0.154. The molecule has 1 fully saturated rings. The van der Waals surface area contributed by atoms with E-state index in [0.717, 1.165) is 6.08 Å². The highest BCUT2D eigenvalue weighted by molar-refractivity contribution is 7.99. The van der Waals surface area contributed by atoms with Crippen LogP contribution in [-0.2, 0) is 19.2 Å². The van der Waals surface area contributed by atoms with E-state index in [1.807, 2.05) is 0 Å². The first-order chi connectivity index (χ1) is 11.4. The maximum absolute atomic E-state index is 12.3. The van der Waals surface area contributed by atoms with Gasteiger partial charge < -0.3 is 20.4 Å². The molecule has 0 aromatic carbocycles.